The van der Waals surface area contributed by atoms with Gasteiger partial charge in [0.1, 0.15) is 5.69 Å². The Morgan fingerprint density at radius 1 is 1.17 bits per heavy atom. The predicted octanol–water partition coefficient (Wildman–Crippen LogP) is 2.81. The summed E-state index contributed by atoms with van der Waals surface area (Å²) in [7, 11) is 0. The molecular formula is C18H20N4O. The van der Waals surface area contributed by atoms with Crippen LogP contribution in [-0.4, -0.2) is 20.7 Å². The highest BCUT2D eigenvalue weighted by molar-refractivity contribution is 5.92. The third kappa shape index (κ3) is 3.34. The first-order valence-electron chi connectivity index (χ1n) is 7.63. The quantitative estimate of drug-likeness (QED) is 0.761. The maximum Gasteiger partial charge on any atom is 0.267 e. The van der Waals surface area contributed by atoms with Crippen LogP contribution < -0.4 is 5.32 Å². The Morgan fingerprint density at radius 2 is 1.96 bits per heavy atom. The zero-order valence-corrected chi connectivity index (χ0v) is 13.3. The number of hydrogen-bond acceptors (Lipinski definition) is 2. The molecular weight excluding hydrogens is 288 g/mol. The van der Waals surface area contributed by atoms with Gasteiger partial charge in [-0.25, -0.2) is 0 Å². The first-order chi connectivity index (χ1) is 11.1. The lowest BCUT2D eigenvalue weighted by atomic mass is 10.2. The number of hydrogen-bond donors (Lipinski definition) is 2. The zero-order valence-electron chi connectivity index (χ0n) is 13.3. The van der Waals surface area contributed by atoms with Crippen LogP contribution >= 0.6 is 0 Å². The maximum absolute atomic E-state index is 12.0. The standard InChI is InChI=1S/C18H20N4O/c1-13-16(11-20-18(23)17-9-6-10-19-17)14(2)22(21-13)12-15-7-4-3-5-8-15/h3-10,19H,11-12H2,1-2H3,(H,20,23). The van der Waals surface area contributed by atoms with E-state index in [1.807, 2.05) is 42.8 Å². The summed E-state index contributed by atoms with van der Waals surface area (Å²) in [5.74, 6) is -0.107. The van der Waals surface area contributed by atoms with Crippen molar-refractivity contribution in [2.24, 2.45) is 0 Å². The Morgan fingerprint density at radius 3 is 2.65 bits per heavy atom. The van der Waals surface area contributed by atoms with E-state index in [-0.39, 0.29) is 5.91 Å². The summed E-state index contributed by atoms with van der Waals surface area (Å²) in [6.07, 6.45) is 1.74. The molecule has 0 saturated heterocycles. The largest absolute Gasteiger partial charge is 0.357 e. The third-order valence-electron chi connectivity index (χ3n) is 3.97. The lowest BCUT2D eigenvalue weighted by Gasteiger charge is -2.07. The minimum atomic E-state index is -0.107. The number of carbonyl (C=O) groups is 1. The molecule has 2 aromatic heterocycles. The van der Waals surface area contributed by atoms with E-state index in [0.29, 0.717) is 12.2 Å². The first kappa shape index (κ1) is 15.1. The molecule has 23 heavy (non-hydrogen) atoms. The summed E-state index contributed by atoms with van der Waals surface area (Å²) in [5.41, 5.74) is 4.88. The molecule has 2 N–H and O–H groups in total. The summed E-state index contributed by atoms with van der Waals surface area (Å²) in [5, 5.41) is 7.54. The van der Waals surface area contributed by atoms with Gasteiger partial charge in [-0.15, -0.1) is 0 Å². The summed E-state index contributed by atoms with van der Waals surface area (Å²) in [6, 6.07) is 13.8. The molecule has 0 atom stereocenters. The van der Waals surface area contributed by atoms with Crippen LogP contribution in [0.25, 0.3) is 0 Å². The molecule has 0 aliphatic carbocycles. The highest BCUT2D eigenvalue weighted by Gasteiger charge is 2.13. The Hall–Kier alpha value is -2.82. The minimum Gasteiger partial charge on any atom is -0.357 e. The van der Waals surface area contributed by atoms with Crippen molar-refractivity contribution < 1.29 is 4.79 Å². The van der Waals surface area contributed by atoms with Gasteiger partial charge in [0.25, 0.3) is 5.91 Å². The van der Waals surface area contributed by atoms with Crippen LogP contribution in [0.5, 0.6) is 0 Å². The number of aromatic nitrogens is 3. The fourth-order valence-corrected chi connectivity index (χ4v) is 2.64. The molecule has 3 rings (SSSR count). The smallest absolute Gasteiger partial charge is 0.267 e. The van der Waals surface area contributed by atoms with Crippen molar-refractivity contribution in [1.82, 2.24) is 20.1 Å². The van der Waals surface area contributed by atoms with Gasteiger partial charge >= 0.3 is 0 Å². The second kappa shape index (κ2) is 6.52. The maximum atomic E-state index is 12.0. The molecule has 3 aromatic rings. The summed E-state index contributed by atoms with van der Waals surface area (Å²) in [6.45, 7) is 5.23. The molecule has 0 bridgehead atoms. The third-order valence-corrected chi connectivity index (χ3v) is 3.97. The lowest BCUT2D eigenvalue weighted by molar-refractivity contribution is 0.0946. The molecule has 1 amide bonds. The molecule has 0 spiro atoms. The number of amides is 1. The highest BCUT2D eigenvalue weighted by atomic mass is 16.1. The fraction of sp³-hybridized carbons (Fsp3) is 0.222. The van der Waals surface area contributed by atoms with Crippen LogP contribution in [0, 0.1) is 13.8 Å². The van der Waals surface area contributed by atoms with E-state index in [9.17, 15) is 4.79 Å². The topological polar surface area (TPSA) is 62.7 Å². The normalized spacial score (nSPS) is 10.7. The molecule has 5 heteroatoms. The number of rotatable bonds is 5. The average Bonchev–Trinajstić information content (AvgIpc) is 3.17. The Labute approximate surface area is 135 Å². The van der Waals surface area contributed by atoms with Crippen LogP contribution in [0.3, 0.4) is 0 Å². The summed E-state index contributed by atoms with van der Waals surface area (Å²) >= 11 is 0. The van der Waals surface area contributed by atoms with Gasteiger partial charge in [-0.05, 0) is 31.5 Å². The number of nitrogens with zero attached hydrogens (tertiary/aromatic N) is 2. The molecule has 0 saturated carbocycles. The van der Waals surface area contributed by atoms with Crippen LogP contribution in [0.4, 0.5) is 0 Å². The molecule has 0 aliphatic heterocycles. The fourth-order valence-electron chi connectivity index (χ4n) is 2.64. The Balaban J connectivity index is 1.72. The van der Waals surface area contributed by atoms with Crippen LogP contribution in [0.15, 0.2) is 48.7 Å². The van der Waals surface area contributed by atoms with E-state index in [4.69, 9.17) is 0 Å². The van der Waals surface area contributed by atoms with Crippen molar-refractivity contribution in [1.29, 1.82) is 0 Å². The van der Waals surface area contributed by atoms with Crippen molar-refractivity contribution in [3.8, 4) is 0 Å². The number of carbonyl (C=O) groups excluding carboxylic acids is 1. The van der Waals surface area contributed by atoms with Gasteiger partial charge in [-0.3, -0.25) is 9.48 Å². The van der Waals surface area contributed by atoms with Crippen molar-refractivity contribution in [2.75, 3.05) is 0 Å². The van der Waals surface area contributed by atoms with E-state index < -0.39 is 0 Å². The van der Waals surface area contributed by atoms with Gasteiger partial charge < -0.3 is 10.3 Å². The number of aryl methyl sites for hydroxylation is 1. The van der Waals surface area contributed by atoms with Gasteiger partial charge in [0.05, 0.1) is 12.2 Å². The van der Waals surface area contributed by atoms with Gasteiger partial charge in [-0.2, -0.15) is 5.10 Å². The highest BCUT2D eigenvalue weighted by Crippen LogP contribution is 2.15. The van der Waals surface area contributed by atoms with Crippen molar-refractivity contribution in [2.45, 2.75) is 26.9 Å². The van der Waals surface area contributed by atoms with Crippen LogP contribution in [0.1, 0.15) is 33.0 Å². The number of nitrogens with one attached hydrogen (secondary N) is 2. The van der Waals surface area contributed by atoms with Gasteiger partial charge in [0, 0.05) is 24.0 Å². The Bertz CT molecular complexity index is 788. The second-order valence-electron chi connectivity index (χ2n) is 5.56. The van der Waals surface area contributed by atoms with E-state index in [2.05, 4.69) is 27.5 Å². The first-order valence-corrected chi connectivity index (χ1v) is 7.63. The molecule has 0 unspecified atom stereocenters. The number of benzene rings is 1. The van der Waals surface area contributed by atoms with Crippen molar-refractivity contribution in [3.63, 3.8) is 0 Å². The van der Waals surface area contributed by atoms with Gasteiger partial charge in [-0.1, -0.05) is 30.3 Å². The zero-order chi connectivity index (χ0) is 16.2. The van der Waals surface area contributed by atoms with E-state index in [1.165, 1.54) is 5.56 Å². The summed E-state index contributed by atoms with van der Waals surface area (Å²) < 4.78 is 1.99. The molecule has 0 fully saturated rings. The number of H-pyrrole nitrogens is 1. The Kier molecular flexibility index (Phi) is 4.28. The van der Waals surface area contributed by atoms with E-state index in [0.717, 1.165) is 23.5 Å². The molecule has 2 heterocycles. The van der Waals surface area contributed by atoms with Gasteiger partial charge in [0.15, 0.2) is 0 Å². The van der Waals surface area contributed by atoms with Crippen LogP contribution in [0.2, 0.25) is 0 Å². The average molecular weight is 308 g/mol. The summed E-state index contributed by atoms with van der Waals surface area (Å²) in [4.78, 5) is 14.9. The van der Waals surface area contributed by atoms with Crippen molar-refractivity contribution in [3.05, 3.63) is 76.9 Å². The van der Waals surface area contributed by atoms with Gasteiger partial charge in [0.2, 0.25) is 0 Å². The SMILES string of the molecule is Cc1nn(Cc2ccccc2)c(C)c1CNC(=O)c1ccc[nH]1. The van der Waals surface area contributed by atoms with Crippen molar-refractivity contribution >= 4 is 5.91 Å². The number of aromatic amines is 1. The van der Waals surface area contributed by atoms with E-state index in [1.54, 1.807) is 12.3 Å². The van der Waals surface area contributed by atoms with E-state index >= 15 is 0 Å². The lowest BCUT2D eigenvalue weighted by Crippen LogP contribution is -2.23. The molecule has 0 aliphatic rings. The monoisotopic (exact) mass is 308 g/mol. The predicted molar refractivity (Wildman–Crippen MR) is 89.2 cm³/mol. The molecule has 118 valence electrons. The minimum absolute atomic E-state index is 0.107. The molecule has 0 radical (unpaired) electrons. The van der Waals surface area contributed by atoms with Crippen LogP contribution in [-0.2, 0) is 13.1 Å². The molecule has 5 nitrogen and oxygen atoms in total. The molecule has 1 aromatic carbocycles. The second-order valence-corrected chi connectivity index (χ2v) is 5.56.